The van der Waals surface area contributed by atoms with Gasteiger partial charge in [-0.2, -0.15) is 0 Å². The molecular weight excluding hydrogens is 238 g/mol. The van der Waals surface area contributed by atoms with E-state index in [0.717, 1.165) is 12.8 Å². The van der Waals surface area contributed by atoms with Crippen LogP contribution in [0.2, 0.25) is 0 Å². The molecule has 0 aromatic carbocycles. The van der Waals surface area contributed by atoms with Crippen LogP contribution in [0.1, 0.15) is 26.7 Å². The van der Waals surface area contributed by atoms with E-state index in [2.05, 4.69) is 12.1 Å². The van der Waals surface area contributed by atoms with Gasteiger partial charge >= 0.3 is 5.97 Å². The third-order valence-electron chi connectivity index (χ3n) is 3.02. The van der Waals surface area contributed by atoms with Crippen LogP contribution in [-0.2, 0) is 23.8 Å². The molecule has 0 aromatic rings. The van der Waals surface area contributed by atoms with E-state index in [1.54, 1.807) is 6.92 Å². The summed E-state index contributed by atoms with van der Waals surface area (Å²) < 4.78 is 15.8. The van der Waals surface area contributed by atoms with Gasteiger partial charge in [-0.3, -0.25) is 0 Å². The van der Waals surface area contributed by atoms with Gasteiger partial charge in [-0.05, 0) is 13.3 Å². The number of oxime groups is 1. The van der Waals surface area contributed by atoms with E-state index in [1.807, 2.05) is 0 Å². The Labute approximate surface area is 106 Å². The molecule has 6 heteroatoms. The van der Waals surface area contributed by atoms with Crippen molar-refractivity contribution in [2.45, 2.75) is 39.1 Å². The third-order valence-corrected chi connectivity index (χ3v) is 3.02. The Hall–Kier alpha value is -1.14. The van der Waals surface area contributed by atoms with Crippen LogP contribution in [-0.4, -0.2) is 43.9 Å². The number of rotatable bonds is 5. The summed E-state index contributed by atoms with van der Waals surface area (Å²) in [4.78, 5) is 17.1. The summed E-state index contributed by atoms with van der Waals surface area (Å²) in [6, 6.07) is 0. The highest BCUT2D eigenvalue weighted by Gasteiger charge is 2.44. The van der Waals surface area contributed by atoms with Crippen LogP contribution in [0.5, 0.6) is 0 Å². The quantitative estimate of drug-likeness (QED) is 0.690. The highest BCUT2D eigenvalue weighted by atomic mass is 16.8. The number of carbonyl (C=O) groups is 1. The molecule has 1 fully saturated rings. The molecule has 0 saturated carbocycles. The van der Waals surface area contributed by atoms with Crippen molar-refractivity contribution < 1.29 is 23.8 Å². The summed E-state index contributed by atoms with van der Waals surface area (Å²) in [7, 11) is 0. The first-order chi connectivity index (χ1) is 8.77. The lowest BCUT2D eigenvalue weighted by Crippen LogP contribution is -2.37. The fraction of sp³-hybridized carbons (Fsp3) is 0.833. The summed E-state index contributed by atoms with van der Waals surface area (Å²) in [5, 5.41) is 3.86. The van der Waals surface area contributed by atoms with E-state index in [1.165, 1.54) is 0 Å². The average Bonchev–Trinajstić information content (AvgIpc) is 2.97. The van der Waals surface area contributed by atoms with Gasteiger partial charge in [0.25, 0.3) is 0 Å². The molecule has 2 unspecified atom stereocenters. The van der Waals surface area contributed by atoms with Crippen molar-refractivity contribution in [3.63, 3.8) is 0 Å². The number of hydrogen-bond acceptors (Lipinski definition) is 6. The van der Waals surface area contributed by atoms with Crippen molar-refractivity contribution in [2.24, 2.45) is 11.1 Å². The van der Waals surface area contributed by atoms with Gasteiger partial charge in [-0.1, -0.05) is 18.5 Å². The zero-order valence-electron chi connectivity index (χ0n) is 10.8. The number of carbonyl (C=O) groups excluding carboxylic acids is 1. The molecule has 0 aromatic heterocycles. The molecule has 2 aliphatic rings. The van der Waals surface area contributed by atoms with Gasteiger partial charge in [0.05, 0.1) is 25.7 Å². The SMILES string of the molecule is CCCC1C(C(=O)OCC)=NOC1C1OCCO1. The Kier molecular flexibility index (Phi) is 4.54. The molecule has 2 aliphatic heterocycles. The highest BCUT2D eigenvalue weighted by molar-refractivity contribution is 6.37. The van der Waals surface area contributed by atoms with E-state index in [-0.39, 0.29) is 12.0 Å². The zero-order valence-corrected chi connectivity index (χ0v) is 10.8. The van der Waals surface area contributed by atoms with E-state index >= 15 is 0 Å². The molecular formula is C12H19NO5. The van der Waals surface area contributed by atoms with Crippen LogP contribution in [0.3, 0.4) is 0 Å². The zero-order chi connectivity index (χ0) is 13.0. The lowest BCUT2D eigenvalue weighted by atomic mass is 9.92. The fourth-order valence-electron chi connectivity index (χ4n) is 2.23. The number of ether oxygens (including phenoxy) is 3. The summed E-state index contributed by atoms with van der Waals surface area (Å²) in [6.45, 7) is 5.26. The molecule has 18 heavy (non-hydrogen) atoms. The van der Waals surface area contributed by atoms with Gasteiger partial charge < -0.3 is 19.0 Å². The fourth-order valence-corrected chi connectivity index (χ4v) is 2.23. The Morgan fingerprint density at radius 1 is 1.39 bits per heavy atom. The van der Waals surface area contributed by atoms with Gasteiger partial charge in [0.15, 0.2) is 18.1 Å². The monoisotopic (exact) mass is 257 g/mol. The summed E-state index contributed by atoms with van der Waals surface area (Å²) >= 11 is 0. The van der Waals surface area contributed by atoms with Gasteiger partial charge in [-0.25, -0.2) is 4.79 Å². The first-order valence-corrected chi connectivity index (χ1v) is 6.42. The second-order valence-electron chi connectivity index (χ2n) is 4.27. The molecule has 2 atom stereocenters. The van der Waals surface area contributed by atoms with Gasteiger partial charge in [0.1, 0.15) is 0 Å². The van der Waals surface area contributed by atoms with E-state index in [4.69, 9.17) is 19.0 Å². The number of nitrogens with zero attached hydrogens (tertiary/aromatic N) is 1. The van der Waals surface area contributed by atoms with Gasteiger partial charge in [-0.15, -0.1) is 0 Å². The van der Waals surface area contributed by atoms with E-state index in [0.29, 0.717) is 25.5 Å². The molecule has 1 saturated heterocycles. The van der Waals surface area contributed by atoms with Crippen LogP contribution in [0, 0.1) is 5.92 Å². The van der Waals surface area contributed by atoms with Crippen molar-refractivity contribution in [3.8, 4) is 0 Å². The predicted molar refractivity (Wildman–Crippen MR) is 63.0 cm³/mol. The second kappa shape index (κ2) is 6.15. The molecule has 0 radical (unpaired) electrons. The second-order valence-corrected chi connectivity index (χ2v) is 4.27. The summed E-state index contributed by atoms with van der Waals surface area (Å²) in [5.41, 5.74) is 0.350. The summed E-state index contributed by atoms with van der Waals surface area (Å²) in [6.07, 6.45) is 0.949. The molecule has 102 valence electrons. The van der Waals surface area contributed by atoms with Crippen molar-refractivity contribution in [1.29, 1.82) is 0 Å². The first-order valence-electron chi connectivity index (χ1n) is 6.42. The van der Waals surface area contributed by atoms with Crippen molar-refractivity contribution in [1.82, 2.24) is 0 Å². The molecule has 0 spiro atoms. The van der Waals surface area contributed by atoms with Gasteiger partial charge in [0, 0.05) is 0 Å². The minimum atomic E-state index is -0.433. The molecule has 2 rings (SSSR count). The molecule has 0 bridgehead atoms. The first kappa shape index (κ1) is 13.3. The third kappa shape index (κ3) is 2.64. The van der Waals surface area contributed by atoms with Crippen molar-refractivity contribution >= 4 is 11.7 Å². The maximum Gasteiger partial charge on any atom is 0.356 e. The number of hydrogen-bond donors (Lipinski definition) is 0. The highest BCUT2D eigenvalue weighted by Crippen LogP contribution is 2.29. The normalized spacial score (nSPS) is 28.0. The molecule has 0 aliphatic carbocycles. The smallest absolute Gasteiger partial charge is 0.356 e. The molecule has 6 nitrogen and oxygen atoms in total. The van der Waals surface area contributed by atoms with Crippen molar-refractivity contribution in [3.05, 3.63) is 0 Å². The lowest BCUT2D eigenvalue weighted by molar-refractivity contribution is -0.145. The standard InChI is InChI=1S/C12H19NO5/c1-3-5-8-9(11(14)15-4-2)13-18-10(8)12-16-6-7-17-12/h8,10,12H,3-7H2,1-2H3. The largest absolute Gasteiger partial charge is 0.461 e. The maximum absolute atomic E-state index is 11.8. The minimum absolute atomic E-state index is 0.114. The van der Waals surface area contributed by atoms with Crippen LogP contribution in [0.15, 0.2) is 5.16 Å². The van der Waals surface area contributed by atoms with E-state index < -0.39 is 12.3 Å². The van der Waals surface area contributed by atoms with E-state index in [9.17, 15) is 4.79 Å². The topological polar surface area (TPSA) is 66.4 Å². The molecule has 2 heterocycles. The van der Waals surface area contributed by atoms with Crippen LogP contribution < -0.4 is 0 Å². The Bertz CT molecular complexity index is 324. The Morgan fingerprint density at radius 2 is 2.11 bits per heavy atom. The van der Waals surface area contributed by atoms with Gasteiger partial charge in [0.2, 0.25) is 0 Å². The predicted octanol–water partition coefficient (Wildman–Crippen LogP) is 1.09. The van der Waals surface area contributed by atoms with Crippen LogP contribution in [0.4, 0.5) is 0 Å². The lowest BCUT2D eigenvalue weighted by Gasteiger charge is -2.21. The summed E-state index contributed by atoms with van der Waals surface area (Å²) in [5.74, 6) is -0.520. The minimum Gasteiger partial charge on any atom is -0.461 e. The average molecular weight is 257 g/mol. The Balaban J connectivity index is 2.04. The van der Waals surface area contributed by atoms with Crippen LogP contribution >= 0.6 is 0 Å². The molecule has 0 amide bonds. The maximum atomic E-state index is 11.8. The van der Waals surface area contributed by atoms with Crippen LogP contribution in [0.25, 0.3) is 0 Å². The number of esters is 1. The van der Waals surface area contributed by atoms with Crippen molar-refractivity contribution in [2.75, 3.05) is 19.8 Å². The molecule has 0 N–H and O–H groups in total. The Morgan fingerprint density at radius 3 is 2.72 bits per heavy atom.